The molecule has 6 heteroatoms. The van der Waals surface area contributed by atoms with Gasteiger partial charge in [-0.25, -0.2) is 17.8 Å². The first-order valence-electron chi connectivity index (χ1n) is 5.53. The Kier molecular flexibility index (Phi) is 3.18. The predicted octanol–water partition coefficient (Wildman–Crippen LogP) is 1.64. The topological polar surface area (TPSA) is 50.3 Å². The first-order valence-corrected chi connectivity index (χ1v) is 6.97. The van der Waals surface area contributed by atoms with Gasteiger partial charge in [0.25, 0.3) is 10.0 Å². The predicted molar refractivity (Wildman–Crippen MR) is 61.3 cm³/mol. The summed E-state index contributed by atoms with van der Waals surface area (Å²) in [4.78, 5) is 3.63. The van der Waals surface area contributed by atoms with E-state index in [1.807, 2.05) is 6.92 Å². The summed E-state index contributed by atoms with van der Waals surface area (Å²) in [5.74, 6) is -0.413. The highest BCUT2D eigenvalue weighted by atomic mass is 32.2. The van der Waals surface area contributed by atoms with E-state index in [2.05, 4.69) is 4.98 Å². The second kappa shape index (κ2) is 4.34. The van der Waals surface area contributed by atoms with E-state index in [0.29, 0.717) is 5.92 Å². The lowest BCUT2D eigenvalue weighted by Gasteiger charge is -2.23. The molecule has 17 heavy (non-hydrogen) atoms. The van der Waals surface area contributed by atoms with Crippen molar-refractivity contribution in [1.82, 2.24) is 9.29 Å². The summed E-state index contributed by atoms with van der Waals surface area (Å²) in [6.45, 7) is 1.84. The molecule has 0 amide bonds. The molecule has 4 nitrogen and oxygen atoms in total. The Bertz CT molecular complexity index is 514. The van der Waals surface area contributed by atoms with Crippen molar-refractivity contribution in [2.75, 3.05) is 7.05 Å². The lowest BCUT2D eigenvalue weighted by molar-refractivity contribution is 0.353. The maximum Gasteiger partial charge on any atom is 0.263 e. The quantitative estimate of drug-likeness (QED) is 0.825. The van der Waals surface area contributed by atoms with E-state index in [-0.39, 0.29) is 6.04 Å². The average Bonchev–Trinajstić information content (AvgIpc) is 3.11. The third-order valence-electron chi connectivity index (χ3n) is 3.23. The van der Waals surface area contributed by atoms with Gasteiger partial charge in [-0.05, 0) is 37.8 Å². The molecule has 1 fully saturated rings. The minimum atomic E-state index is -3.83. The lowest BCUT2D eigenvalue weighted by Crippen LogP contribution is -2.37. The number of rotatable bonds is 4. The lowest BCUT2D eigenvalue weighted by atomic mass is 10.2. The molecule has 1 atom stereocenters. The van der Waals surface area contributed by atoms with E-state index in [4.69, 9.17) is 0 Å². The zero-order valence-corrected chi connectivity index (χ0v) is 10.6. The van der Waals surface area contributed by atoms with Gasteiger partial charge in [0.2, 0.25) is 5.03 Å². The van der Waals surface area contributed by atoms with Crippen LogP contribution in [0.1, 0.15) is 19.8 Å². The second-order valence-corrected chi connectivity index (χ2v) is 6.30. The molecular weight excluding hydrogens is 243 g/mol. The van der Waals surface area contributed by atoms with E-state index >= 15 is 0 Å². The minimum Gasteiger partial charge on any atom is -0.241 e. The van der Waals surface area contributed by atoms with Gasteiger partial charge in [-0.15, -0.1) is 0 Å². The van der Waals surface area contributed by atoms with Crippen molar-refractivity contribution >= 4 is 10.0 Å². The van der Waals surface area contributed by atoms with E-state index in [1.165, 1.54) is 23.6 Å². The Morgan fingerprint density at radius 3 is 2.71 bits per heavy atom. The number of sulfonamides is 1. The van der Waals surface area contributed by atoms with Crippen molar-refractivity contribution in [3.8, 4) is 0 Å². The van der Waals surface area contributed by atoms with Crippen molar-refractivity contribution in [2.24, 2.45) is 5.92 Å². The molecule has 1 heterocycles. The fourth-order valence-electron chi connectivity index (χ4n) is 1.79. The van der Waals surface area contributed by atoms with Crippen LogP contribution in [0.2, 0.25) is 0 Å². The summed E-state index contributed by atoms with van der Waals surface area (Å²) in [6, 6.07) is 2.37. The molecule has 1 aromatic heterocycles. The van der Waals surface area contributed by atoms with E-state index in [0.717, 1.165) is 18.9 Å². The van der Waals surface area contributed by atoms with Gasteiger partial charge in [0.05, 0.1) is 0 Å². The summed E-state index contributed by atoms with van der Waals surface area (Å²) >= 11 is 0. The first kappa shape index (κ1) is 12.4. The first-order chi connectivity index (χ1) is 7.94. The minimum absolute atomic E-state index is 0.110. The second-order valence-electron chi connectivity index (χ2n) is 4.39. The van der Waals surface area contributed by atoms with Crippen LogP contribution in [0.5, 0.6) is 0 Å². The maximum atomic E-state index is 13.5. The Morgan fingerprint density at radius 2 is 2.18 bits per heavy atom. The van der Waals surface area contributed by atoms with Gasteiger partial charge in [-0.1, -0.05) is 0 Å². The highest BCUT2D eigenvalue weighted by Gasteiger charge is 2.37. The van der Waals surface area contributed by atoms with Crippen molar-refractivity contribution in [2.45, 2.75) is 30.8 Å². The highest BCUT2D eigenvalue weighted by Crippen LogP contribution is 2.36. The van der Waals surface area contributed by atoms with Crippen LogP contribution >= 0.6 is 0 Å². The summed E-state index contributed by atoms with van der Waals surface area (Å²) in [5.41, 5.74) is 0. The van der Waals surface area contributed by atoms with Crippen LogP contribution < -0.4 is 0 Å². The van der Waals surface area contributed by atoms with Crippen molar-refractivity contribution in [1.29, 1.82) is 0 Å². The average molecular weight is 258 g/mol. The molecule has 1 saturated carbocycles. The SMILES string of the molecule is CC(C1CC1)N(C)S(=O)(=O)c1ncccc1F. The number of halogens is 1. The molecule has 0 spiro atoms. The van der Waals surface area contributed by atoms with Gasteiger partial charge in [-0.2, -0.15) is 4.31 Å². The van der Waals surface area contributed by atoms with Gasteiger partial charge in [0.1, 0.15) is 0 Å². The number of hydrogen-bond donors (Lipinski definition) is 0. The van der Waals surface area contributed by atoms with Crippen LogP contribution in [0.4, 0.5) is 4.39 Å². The maximum absolute atomic E-state index is 13.5. The highest BCUT2D eigenvalue weighted by molar-refractivity contribution is 7.89. The summed E-state index contributed by atoms with van der Waals surface area (Å²) < 4.78 is 39.0. The molecular formula is C11H15FN2O2S. The summed E-state index contributed by atoms with van der Waals surface area (Å²) in [5, 5.41) is -0.491. The van der Waals surface area contributed by atoms with Crippen LogP contribution in [0, 0.1) is 11.7 Å². The molecule has 0 N–H and O–H groups in total. The van der Waals surface area contributed by atoms with E-state index < -0.39 is 20.9 Å². The number of pyridine rings is 1. The molecule has 94 valence electrons. The molecule has 1 aliphatic rings. The van der Waals surface area contributed by atoms with Crippen molar-refractivity contribution < 1.29 is 12.8 Å². The Labute approximate surface area is 101 Å². The van der Waals surface area contributed by atoms with Gasteiger partial charge in [0.15, 0.2) is 5.82 Å². The third kappa shape index (κ3) is 2.32. The molecule has 1 unspecified atom stereocenters. The van der Waals surface area contributed by atoms with Gasteiger partial charge in [-0.3, -0.25) is 0 Å². The zero-order valence-electron chi connectivity index (χ0n) is 9.80. The van der Waals surface area contributed by atoms with Gasteiger partial charge in [0, 0.05) is 19.3 Å². The summed E-state index contributed by atoms with van der Waals surface area (Å²) in [6.07, 6.45) is 3.35. The Hall–Kier alpha value is -1.01. The molecule has 0 radical (unpaired) electrons. The molecule has 0 saturated heterocycles. The number of aromatic nitrogens is 1. The molecule has 0 aromatic carbocycles. The van der Waals surface area contributed by atoms with Crippen LogP contribution in [0.3, 0.4) is 0 Å². The van der Waals surface area contributed by atoms with Crippen LogP contribution in [0.15, 0.2) is 23.4 Å². The van der Waals surface area contributed by atoms with Crippen molar-refractivity contribution in [3.05, 3.63) is 24.1 Å². The fourth-order valence-corrected chi connectivity index (χ4v) is 3.18. The van der Waals surface area contributed by atoms with Gasteiger partial charge >= 0.3 is 0 Å². The monoisotopic (exact) mass is 258 g/mol. The standard InChI is InChI=1S/C11H15FN2O2S/c1-8(9-5-6-9)14(2)17(15,16)11-10(12)4-3-7-13-11/h3-4,7-9H,5-6H2,1-2H3. The number of nitrogens with zero attached hydrogens (tertiary/aromatic N) is 2. The number of hydrogen-bond acceptors (Lipinski definition) is 3. The fraction of sp³-hybridized carbons (Fsp3) is 0.545. The van der Waals surface area contributed by atoms with Crippen LogP contribution in [-0.2, 0) is 10.0 Å². The molecule has 0 bridgehead atoms. The molecule has 2 rings (SSSR count). The van der Waals surface area contributed by atoms with Gasteiger partial charge < -0.3 is 0 Å². The van der Waals surface area contributed by atoms with Crippen molar-refractivity contribution in [3.63, 3.8) is 0 Å². The molecule has 1 aromatic rings. The van der Waals surface area contributed by atoms with E-state index in [9.17, 15) is 12.8 Å². The third-order valence-corrected chi connectivity index (χ3v) is 5.11. The Balaban J connectivity index is 2.32. The smallest absolute Gasteiger partial charge is 0.241 e. The molecule has 1 aliphatic carbocycles. The summed E-state index contributed by atoms with van der Waals surface area (Å²) in [7, 11) is -2.35. The largest absolute Gasteiger partial charge is 0.263 e. The van der Waals surface area contributed by atoms with E-state index in [1.54, 1.807) is 0 Å². The van der Waals surface area contributed by atoms with Crippen LogP contribution in [-0.4, -0.2) is 30.8 Å². The normalized spacial score (nSPS) is 18.4. The Morgan fingerprint density at radius 1 is 1.53 bits per heavy atom. The van der Waals surface area contributed by atoms with Crippen LogP contribution in [0.25, 0.3) is 0 Å². The molecule has 0 aliphatic heterocycles. The zero-order chi connectivity index (χ0) is 12.6.